The van der Waals surface area contributed by atoms with Crippen molar-refractivity contribution in [1.29, 1.82) is 0 Å². The van der Waals surface area contributed by atoms with Crippen molar-refractivity contribution >= 4 is 11.5 Å². The minimum atomic E-state index is -1.15. The van der Waals surface area contributed by atoms with Gasteiger partial charge in [0.15, 0.2) is 0 Å². The average Bonchev–Trinajstić information content (AvgIpc) is 2.94. The maximum Gasteiger partial charge on any atom is 0.132 e. The van der Waals surface area contributed by atoms with Gasteiger partial charge in [0.2, 0.25) is 0 Å². The van der Waals surface area contributed by atoms with Crippen LogP contribution in [-0.4, -0.2) is 62.0 Å². The third kappa shape index (κ3) is 1.80. The average molecular weight is 266 g/mol. The van der Waals surface area contributed by atoms with Crippen LogP contribution in [0.4, 0.5) is 5.82 Å². The van der Waals surface area contributed by atoms with Gasteiger partial charge in [-0.3, -0.25) is 4.99 Å². The predicted octanol–water partition coefficient (Wildman–Crippen LogP) is -2.16. The van der Waals surface area contributed by atoms with Gasteiger partial charge >= 0.3 is 0 Å². The molecule has 0 radical (unpaired) electrons. The van der Waals surface area contributed by atoms with E-state index >= 15 is 0 Å². The van der Waals surface area contributed by atoms with Crippen LogP contribution in [0, 0.1) is 0 Å². The molecule has 0 spiro atoms. The predicted molar refractivity (Wildman–Crippen MR) is 64.4 cm³/mol. The van der Waals surface area contributed by atoms with Gasteiger partial charge in [0.05, 0.1) is 24.6 Å². The number of hydrogen-bond acceptors (Lipinski definition) is 8. The zero-order valence-electron chi connectivity index (χ0n) is 9.97. The van der Waals surface area contributed by atoms with Crippen LogP contribution in [-0.2, 0) is 11.3 Å². The normalized spacial score (nSPS) is 33.3. The summed E-state index contributed by atoms with van der Waals surface area (Å²) in [6.45, 7) is -0.0510. The molecular formula is C11H14N4O4. The third-order valence-corrected chi connectivity index (χ3v) is 3.44. The van der Waals surface area contributed by atoms with E-state index in [4.69, 9.17) is 15.6 Å². The molecule has 5 N–H and O–H groups in total. The molecule has 2 aliphatic rings. The molecule has 0 saturated carbocycles. The number of aliphatic hydroxyl groups is 3. The molecule has 1 aromatic rings. The Morgan fingerprint density at radius 3 is 2.79 bits per heavy atom. The summed E-state index contributed by atoms with van der Waals surface area (Å²) in [6, 6.07) is 0. The highest BCUT2D eigenvalue weighted by Gasteiger charge is 2.46. The monoisotopic (exact) mass is 266 g/mol. The van der Waals surface area contributed by atoms with Gasteiger partial charge in [-0.15, -0.1) is 0 Å². The summed E-state index contributed by atoms with van der Waals surface area (Å²) in [5.74, 6) is 0.343. The van der Waals surface area contributed by atoms with Gasteiger partial charge in [0.1, 0.15) is 36.6 Å². The molecule has 19 heavy (non-hydrogen) atoms. The summed E-state index contributed by atoms with van der Waals surface area (Å²) in [5.41, 5.74) is 7.39. The number of aliphatic imine (C=N–C) groups is 1. The highest BCUT2D eigenvalue weighted by molar-refractivity contribution is 6.06. The summed E-state index contributed by atoms with van der Waals surface area (Å²) in [5, 5.41) is 28.8. The lowest BCUT2D eigenvalue weighted by Gasteiger charge is -2.15. The number of anilines is 1. The van der Waals surface area contributed by atoms with E-state index in [1.54, 1.807) is 0 Å². The standard InChI is InChI=1S/C11H14N4O4/c12-11-4-1-13-7(6(4)14-3-15-11)10-9(18)8(17)5(2-16)19-10/h3,5,8-10,16-18H,1-2H2,(H2,12,14,15)/t5-,8-,9-,10+/m1/s1. The lowest BCUT2D eigenvalue weighted by Crippen LogP contribution is -2.37. The quantitative estimate of drug-likeness (QED) is 0.479. The molecule has 0 unspecified atom stereocenters. The zero-order valence-corrected chi connectivity index (χ0v) is 9.97. The molecule has 1 fully saturated rings. The summed E-state index contributed by atoms with van der Waals surface area (Å²) in [6.07, 6.45) is -2.64. The van der Waals surface area contributed by atoms with Crippen molar-refractivity contribution in [1.82, 2.24) is 9.97 Å². The van der Waals surface area contributed by atoms with E-state index in [0.717, 1.165) is 0 Å². The second-order valence-electron chi connectivity index (χ2n) is 4.55. The first-order chi connectivity index (χ1) is 9.13. The summed E-state index contributed by atoms with van der Waals surface area (Å²) < 4.78 is 5.43. The van der Waals surface area contributed by atoms with Crippen LogP contribution in [0.1, 0.15) is 11.3 Å². The second kappa shape index (κ2) is 4.49. The van der Waals surface area contributed by atoms with Crippen LogP contribution in [0.2, 0.25) is 0 Å². The van der Waals surface area contributed by atoms with E-state index in [1.165, 1.54) is 6.33 Å². The Bertz CT molecular complexity index is 535. The molecule has 4 atom stereocenters. The molecule has 0 aromatic carbocycles. The minimum Gasteiger partial charge on any atom is -0.394 e. The van der Waals surface area contributed by atoms with E-state index in [2.05, 4.69) is 15.0 Å². The van der Waals surface area contributed by atoms with Gasteiger partial charge in [0.25, 0.3) is 0 Å². The Hall–Kier alpha value is -1.61. The van der Waals surface area contributed by atoms with Crippen molar-refractivity contribution in [3.8, 4) is 0 Å². The highest BCUT2D eigenvalue weighted by atomic mass is 16.6. The Morgan fingerprint density at radius 2 is 2.11 bits per heavy atom. The molecule has 3 heterocycles. The highest BCUT2D eigenvalue weighted by Crippen LogP contribution is 2.29. The van der Waals surface area contributed by atoms with Gasteiger partial charge in [-0.05, 0) is 0 Å². The van der Waals surface area contributed by atoms with Gasteiger partial charge in [-0.1, -0.05) is 0 Å². The first-order valence-electron chi connectivity index (χ1n) is 5.90. The minimum absolute atomic E-state index is 0.323. The molecule has 0 aliphatic carbocycles. The first kappa shape index (κ1) is 12.4. The van der Waals surface area contributed by atoms with Crippen LogP contribution in [0.15, 0.2) is 11.3 Å². The Morgan fingerprint density at radius 1 is 1.32 bits per heavy atom. The fourth-order valence-electron chi connectivity index (χ4n) is 2.39. The number of aromatic nitrogens is 2. The lowest BCUT2D eigenvalue weighted by molar-refractivity contribution is -0.00995. The van der Waals surface area contributed by atoms with E-state index in [1.807, 2.05) is 0 Å². The third-order valence-electron chi connectivity index (χ3n) is 3.44. The van der Waals surface area contributed by atoms with Crippen molar-refractivity contribution in [3.05, 3.63) is 17.6 Å². The second-order valence-corrected chi connectivity index (χ2v) is 4.55. The van der Waals surface area contributed by atoms with E-state index in [-0.39, 0.29) is 6.61 Å². The number of nitrogens with two attached hydrogens (primary N) is 1. The van der Waals surface area contributed by atoms with Crippen molar-refractivity contribution in [2.75, 3.05) is 12.3 Å². The number of nitrogens with zero attached hydrogens (tertiary/aromatic N) is 3. The molecule has 8 heteroatoms. The SMILES string of the molecule is Nc1ncnc2c1CN=C2[C@@H]1O[C@H](CO)[C@@H](O)[C@H]1O. The molecule has 2 aliphatic heterocycles. The van der Waals surface area contributed by atoms with Crippen molar-refractivity contribution in [2.45, 2.75) is 31.0 Å². The van der Waals surface area contributed by atoms with Crippen molar-refractivity contribution in [3.63, 3.8) is 0 Å². The van der Waals surface area contributed by atoms with E-state index in [9.17, 15) is 10.2 Å². The Balaban J connectivity index is 1.92. The van der Waals surface area contributed by atoms with Gasteiger partial charge < -0.3 is 25.8 Å². The molecular weight excluding hydrogens is 252 g/mol. The fraction of sp³-hybridized carbons (Fsp3) is 0.545. The molecule has 1 saturated heterocycles. The molecule has 1 aromatic heterocycles. The number of fused-ring (bicyclic) bond motifs is 1. The smallest absolute Gasteiger partial charge is 0.132 e. The van der Waals surface area contributed by atoms with Crippen LogP contribution >= 0.6 is 0 Å². The summed E-state index contributed by atoms with van der Waals surface area (Å²) in [7, 11) is 0. The summed E-state index contributed by atoms with van der Waals surface area (Å²) >= 11 is 0. The van der Waals surface area contributed by atoms with Crippen molar-refractivity contribution < 1.29 is 20.1 Å². The van der Waals surface area contributed by atoms with Crippen LogP contribution < -0.4 is 5.73 Å². The topological polar surface area (TPSA) is 134 Å². The summed E-state index contributed by atoms with van der Waals surface area (Å²) in [4.78, 5) is 12.2. The maximum atomic E-state index is 9.97. The van der Waals surface area contributed by atoms with E-state index in [0.29, 0.717) is 29.3 Å². The van der Waals surface area contributed by atoms with Crippen LogP contribution in [0.5, 0.6) is 0 Å². The Kier molecular flexibility index (Phi) is 2.94. The maximum absolute atomic E-state index is 9.97. The molecule has 102 valence electrons. The van der Waals surface area contributed by atoms with Crippen molar-refractivity contribution in [2.24, 2.45) is 4.99 Å². The fourth-order valence-corrected chi connectivity index (χ4v) is 2.39. The van der Waals surface area contributed by atoms with Crippen LogP contribution in [0.25, 0.3) is 0 Å². The number of hydrogen-bond donors (Lipinski definition) is 4. The van der Waals surface area contributed by atoms with Gasteiger partial charge in [-0.25, -0.2) is 9.97 Å². The first-order valence-corrected chi connectivity index (χ1v) is 5.90. The van der Waals surface area contributed by atoms with Gasteiger partial charge in [0, 0.05) is 5.56 Å². The molecule has 3 rings (SSSR count). The number of aliphatic hydroxyl groups excluding tert-OH is 3. The van der Waals surface area contributed by atoms with Gasteiger partial charge in [-0.2, -0.15) is 0 Å². The molecule has 0 amide bonds. The molecule has 8 nitrogen and oxygen atoms in total. The number of nitrogen functional groups attached to an aromatic ring is 1. The Labute approximate surface area is 108 Å². The van der Waals surface area contributed by atoms with E-state index < -0.39 is 24.4 Å². The lowest BCUT2D eigenvalue weighted by atomic mass is 10.0. The largest absolute Gasteiger partial charge is 0.394 e. The number of ether oxygens (including phenoxy) is 1. The number of rotatable bonds is 2. The van der Waals surface area contributed by atoms with Crippen LogP contribution in [0.3, 0.4) is 0 Å². The molecule has 0 bridgehead atoms. The zero-order chi connectivity index (χ0) is 13.6.